The molecule has 2 heterocycles. The Kier molecular flexibility index (Phi) is 4.10. The lowest BCUT2D eigenvalue weighted by molar-refractivity contribution is 0.0773. The van der Waals surface area contributed by atoms with Gasteiger partial charge < -0.3 is 9.30 Å². The van der Waals surface area contributed by atoms with Crippen LogP contribution in [0.2, 0.25) is 0 Å². The Morgan fingerprint density at radius 1 is 1.33 bits per heavy atom. The van der Waals surface area contributed by atoms with Crippen LogP contribution in [0.3, 0.4) is 0 Å². The average molecular weight is 245 g/mol. The molecule has 2 aromatic rings. The summed E-state index contributed by atoms with van der Waals surface area (Å²) in [7, 11) is 0. The van der Waals surface area contributed by atoms with Gasteiger partial charge in [0, 0.05) is 30.3 Å². The SMILES string of the molecule is CCCOCn1c(-c2cccnc2)nc(C)c1C. The maximum absolute atomic E-state index is 5.63. The van der Waals surface area contributed by atoms with E-state index >= 15 is 0 Å². The standard InChI is InChI=1S/C14H19N3O/c1-4-8-18-10-17-12(3)11(2)16-14(17)13-6-5-7-15-9-13/h5-7,9H,4,8,10H2,1-3H3. The van der Waals surface area contributed by atoms with Crippen LogP contribution in [0.4, 0.5) is 0 Å². The highest BCUT2D eigenvalue weighted by Crippen LogP contribution is 2.21. The monoisotopic (exact) mass is 245 g/mol. The number of aromatic nitrogens is 3. The smallest absolute Gasteiger partial charge is 0.143 e. The Morgan fingerprint density at radius 3 is 2.83 bits per heavy atom. The minimum Gasteiger partial charge on any atom is -0.361 e. The summed E-state index contributed by atoms with van der Waals surface area (Å²) in [6.07, 6.45) is 4.62. The summed E-state index contributed by atoms with van der Waals surface area (Å²) in [6.45, 7) is 7.50. The number of imidazole rings is 1. The van der Waals surface area contributed by atoms with Crippen LogP contribution in [0, 0.1) is 13.8 Å². The van der Waals surface area contributed by atoms with Gasteiger partial charge >= 0.3 is 0 Å². The molecule has 0 fully saturated rings. The summed E-state index contributed by atoms with van der Waals surface area (Å²) in [5.41, 5.74) is 3.20. The van der Waals surface area contributed by atoms with Crippen molar-refractivity contribution in [2.24, 2.45) is 0 Å². The molecule has 2 aromatic heterocycles. The zero-order valence-electron chi connectivity index (χ0n) is 11.2. The summed E-state index contributed by atoms with van der Waals surface area (Å²) >= 11 is 0. The van der Waals surface area contributed by atoms with E-state index in [1.165, 1.54) is 0 Å². The van der Waals surface area contributed by atoms with Gasteiger partial charge in [0.15, 0.2) is 0 Å². The Labute approximate surface area is 108 Å². The van der Waals surface area contributed by atoms with E-state index in [1.807, 2.05) is 25.3 Å². The first-order valence-corrected chi connectivity index (χ1v) is 6.26. The number of hydrogen-bond acceptors (Lipinski definition) is 3. The van der Waals surface area contributed by atoms with Crippen molar-refractivity contribution in [1.29, 1.82) is 0 Å². The fraction of sp³-hybridized carbons (Fsp3) is 0.429. The topological polar surface area (TPSA) is 39.9 Å². The number of nitrogens with zero attached hydrogens (tertiary/aromatic N) is 3. The first-order chi connectivity index (χ1) is 8.74. The molecule has 2 rings (SSSR count). The van der Waals surface area contributed by atoms with Crippen LogP contribution >= 0.6 is 0 Å². The molecule has 0 aliphatic carbocycles. The molecule has 4 heteroatoms. The Hall–Kier alpha value is -1.68. The average Bonchev–Trinajstić information content (AvgIpc) is 2.68. The molecule has 0 atom stereocenters. The molecule has 0 radical (unpaired) electrons. The van der Waals surface area contributed by atoms with E-state index in [0.29, 0.717) is 6.73 Å². The molecule has 0 aliphatic rings. The van der Waals surface area contributed by atoms with Crippen molar-refractivity contribution < 1.29 is 4.74 Å². The molecule has 0 N–H and O–H groups in total. The molecule has 0 spiro atoms. The molecular formula is C14H19N3O. The number of ether oxygens (including phenoxy) is 1. The van der Waals surface area contributed by atoms with Gasteiger partial charge in [0.1, 0.15) is 12.6 Å². The predicted molar refractivity (Wildman–Crippen MR) is 71.2 cm³/mol. The first-order valence-electron chi connectivity index (χ1n) is 6.26. The molecule has 18 heavy (non-hydrogen) atoms. The van der Waals surface area contributed by atoms with Crippen LogP contribution in [-0.2, 0) is 11.5 Å². The maximum Gasteiger partial charge on any atom is 0.143 e. The van der Waals surface area contributed by atoms with E-state index in [2.05, 4.69) is 28.4 Å². The molecule has 0 saturated carbocycles. The summed E-state index contributed by atoms with van der Waals surface area (Å²) in [6, 6.07) is 3.94. The Morgan fingerprint density at radius 2 is 2.17 bits per heavy atom. The zero-order valence-corrected chi connectivity index (χ0v) is 11.2. The van der Waals surface area contributed by atoms with Crippen molar-refractivity contribution in [2.45, 2.75) is 33.9 Å². The maximum atomic E-state index is 5.63. The van der Waals surface area contributed by atoms with Crippen molar-refractivity contribution in [3.05, 3.63) is 35.9 Å². The van der Waals surface area contributed by atoms with Gasteiger partial charge in [0.25, 0.3) is 0 Å². The number of rotatable bonds is 5. The van der Waals surface area contributed by atoms with Gasteiger partial charge in [-0.1, -0.05) is 6.92 Å². The van der Waals surface area contributed by atoms with E-state index in [9.17, 15) is 0 Å². The highest BCUT2D eigenvalue weighted by molar-refractivity contribution is 5.55. The molecule has 0 amide bonds. The van der Waals surface area contributed by atoms with E-state index in [1.54, 1.807) is 6.20 Å². The molecule has 4 nitrogen and oxygen atoms in total. The van der Waals surface area contributed by atoms with Crippen LogP contribution < -0.4 is 0 Å². The quantitative estimate of drug-likeness (QED) is 0.760. The molecule has 0 aromatic carbocycles. The van der Waals surface area contributed by atoms with Crippen LogP contribution in [0.15, 0.2) is 24.5 Å². The second-order valence-electron chi connectivity index (χ2n) is 4.31. The summed E-state index contributed by atoms with van der Waals surface area (Å²) in [5, 5.41) is 0. The third kappa shape index (κ3) is 2.59. The third-order valence-corrected chi connectivity index (χ3v) is 2.95. The zero-order chi connectivity index (χ0) is 13.0. The van der Waals surface area contributed by atoms with Gasteiger partial charge in [0.05, 0.1) is 5.69 Å². The lowest BCUT2D eigenvalue weighted by Gasteiger charge is -2.10. The minimum atomic E-state index is 0.546. The largest absolute Gasteiger partial charge is 0.361 e. The molecule has 0 bridgehead atoms. The molecule has 96 valence electrons. The van der Waals surface area contributed by atoms with Gasteiger partial charge in [-0.3, -0.25) is 4.98 Å². The molecule has 0 saturated heterocycles. The number of hydrogen-bond donors (Lipinski definition) is 0. The van der Waals surface area contributed by atoms with E-state index in [4.69, 9.17) is 4.74 Å². The third-order valence-electron chi connectivity index (χ3n) is 2.95. The highest BCUT2D eigenvalue weighted by atomic mass is 16.5. The van der Waals surface area contributed by atoms with Crippen molar-refractivity contribution in [3.63, 3.8) is 0 Å². The van der Waals surface area contributed by atoms with Crippen LogP contribution in [0.1, 0.15) is 24.7 Å². The Bertz CT molecular complexity index is 505. The van der Waals surface area contributed by atoms with Gasteiger partial charge in [-0.15, -0.1) is 0 Å². The van der Waals surface area contributed by atoms with Gasteiger partial charge in [-0.05, 0) is 32.4 Å². The normalized spacial score (nSPS) is 10.8. The van der Waals surface area contributed by atoms with Crippen LogP contribution in [0.5, 0.6) is 0 Å². The van der Waals surface area contributed by atoms with E-state index in [-0.39, 0.29) is 0 Å². The summed E-state index contributed by atoms with van der Waals surface area (Å²) in [4.78, 5) is 8.75. The van der Waals surface area contributed by atoms with E-state index < -0.39 is 0 Å². The second-order valence-corrected chi connectivity index (χ2v) is 4.31. The van der Waals surface area contributed by atoms with Crippen molar-refractivity contribution >= 4 is 0 Å². The predicted octanol–water partition coefficient (Wildman–Crippen LogP) is 2.95. The van der Waals surface area contributed by atoms with Gasteiger partial charge in [0.2, 0.25) is 0 Å². The van der Waals surface area contributed by atoms with Crippen molar-refractivity contribution in [3.8, 4) is 11.4 Å². The molecule has 0 unspecified atom stereocenters. The van der Waals surface area contributed by atoms with E-state index in [0.717, 1.165) is 35.8 Å². The fourth-order valence-electron chi connectivity index (χ4n) is 1.83. The van der Waals surface area contributed by atoms with Crippen LogP contribution in [-0.4, -0.2) is 21.1 Å². The second kappa shape index (κ2) is 5.78. The van der Waals surface area contributed by atoms with Gasteiger partial charge in [-0.25, -0.2) is 4.98 Å². The first kappa shape index (κ1) is 12.8. The van der Waals surface area contributed by atoms with Crippen LogP contribution in [0.25, 0.3) is 11.4 Å². The molecular weight excluding hydrogens is 226 g/mol. The minimum absolute atomic E-state index is 0.546. The molecule has 0 aliphatic heterocycles. The lowest BCUT2D eigenvalue weighted by atomic mass is 10.3. The van der Waals surface area contributed by atoms with Gasteiger partial charge in [-0.2, -0.15) is 0 Å². The summed E-state index contributed by atoms with van der Waals surface area (Å²) in [5.74, 6) is 0.925. The van der Waals surface area contributed by atoms with Crippen molar-refractivity contribution in [1.82, 2.24) is 14.5 Å². The number of pyridine rings is 1. The lowest BCUT2D eigenvalue weighted by Crippen LogP contribution is -2.07. The summed E-state index contributed by atoms with van der Waals surface area (Å²) < 4.78 is 7.73. The van der Waals surface area contributed by atoms with Crippen molar-refractivity contribution in [2.75, 3.05) is 6.61 Å². The Balaban J connectivity index is 2.32. The fourth-order valence-corrected chi connectivity index (χ4v) is 1.83. The number of aryl methyl sites for hydroxylation is 1. The highest BCUT2D eigenvalue weighted by Gasteiger charge is 2.12.